The summed E-state index contributed by atoms with van der Waals surface area (Å²) in [5, 5.41) is 25.0. The number of aliphatic hydroxyl groups excluding tert-OH is 2. The van der Waals surface area contributed by atoms with E-state index >= 15 is 0 Å². The first-order chi connectivity index (χ1) is 16.5. The van der Waals surface area contributed by atoms with E-state index in [0.717, 1.165) is 29.9 Å². The smallest absolute Gasteiger partial charge is 0.253 e. The molecule has 0 bridgehead atoms. The molecule has 2 aromatic carbocycles. The number of carbonyl (C=O) groups excluding carboxylic acids is 1. The van der Waals surface area contributed by atoms with Crippen molar-refractivity contribution >= 4 is 12.2 Å². The van der Waals surface area contributed by atoms with Gasteiger partial charge in [0.05, 0.1) is 12.9 Å². The molecule has 0 aliphatic carbocycles. The molecule has 0 radical (unpaired) electrons. The predicted octanol–water partition coefficient (Wildman–Crippen LogP) is 1.24. The molecule has 4 rings (SSSR count). The summed E-state index contributed by atoms with van der Waals surface area (Å²) in [7, 11) is 0. The van der Waals surface area contributed by atoms with E-state index in [1.165, 1.54) is 0 Å². The highest BCUT2D eigenvalue weighted by atomic mass is 16.5. The van der Waals surface area contributed by atoms with Gasteiger partial charge in [-0.2, -0.15) is 0 Å². The predicted molar refractivity (Wildman–Crippen MR) is 129 cm³/mol. The second-order valence-corrected chi connectivity index (χ2v) is 8.59. The number of benzene rings is 2. The van der Waals surface area contributed by atoms with Gasteiger partial charge in [-0.3, -0.25) is 4.79 Å². The Morgan fingerprint density at radius 3 is 2.53 bits per heavy atom. The van der Waals surface area contributed by atoms with Gasteiger partial charge in [0, 0.05) is 25.7 Å². The van der Waals surface area contributed by atoms with Crippen LogP contribution < -0.4 is 21.1 Å². The molecule has 0 spiro atoms. The summed E-state index contributed by atoms with van der Waals surface area (Å²) in [6, 6.07) is 17.2. The highest BCUT2D eigenvalue weighted by molar-refractivity contribution is 5.80. The van der Waals surface area contributed by atoms with Crippen molar-refractivity contribution in [1.82, 2.24) is 15.5 Å². The van der Waals surface area contributed by atoms with Crippen molar-refractivity contribution in [2.45, 2.75) is 24.6 Å². The Hall–Kier alpha value is -3.40. The molecule has 34 heavy (non-hydrogen) atoms. The highest BCUT2D eigenvalue weighted by Crippen LogP contribution is 2.26. The van der Waals surface area contributed by atoms with Crippen molar-refractivity contribution in [3.8, 4) is 11.5 Å². The van der Waals surface area contributed by atoms with Crippen LogP contribution in [0.15, 0.2) is 71.5 Å². The van der Waals surface area contributed by atoms with Crippen LogP contribution in [0, 0.1) is 5.92 Å². The molecular weight excluding hydrogens is 434 g/mol. The maximum atomic E-state index is 12.0. The Morgan fingerprint density at radius 2 is 1.85 bits per heavy atom. The van der Waals surface area contributed by atoms with E-state index in [0.29, 0.717) is 31.4 Å². The largest absolute Gasteiger partial charge is 0.457 e. The lowest BCUT2D eigenvalue weighted by molar-refractivity contribution is -0.143. The number of carbonyl (C=O) groups is 1. The third-order valence-electron chi connectivity index (χ3n) is 6.14. The molecule has 2 aliphatic rings. The molecule has 1 amide bonds. The van der Waals surface area contributed by atoms with Gasteiger partial charge >= 0.3 is 0 Å². The summed E-state index contributed by atoms with van der Waals surface area (Å²) < 4.78 is 5.86. The number of rotatable bonds is 8. The summed E-state index contributed by atoms with van der Waals surface area (Å²) in [4.78, 5) is 18.0. The van der Waals surface area contributed by atoms with Crippen LogP contribution in [0.3, 0.4) is 0 Å². The van der Waals surface area contributed by atoms with Gasteiger partial charge in [-0.25, -0.2) is 4.99 Å². The van der Waals surface area contributed by atoms with Crippen LogP contribution in [0.2, 0.25) is 0 Å². The normalized spacial score (nSPS) is 21.4. The van der Waals surface area contributed by atoms with E-state index in [-0.39, 0.29) is 0 Å². The van der Waals surface area contributed by atoms with Crippen LogP contribution in [0.1, 0.15) is 18.4 Å². The second kappa shape index (κ2) is 10.7. The Kier molecular flexibility index (Phi) is 7.46. The molecule has 1 fully saturated rings. The molecule has 2 aliphatic heterocycles. The Balaban J connectivity index is 1.32. The third-order valence-corrected chi connectivity index (χ3v) is 6.14. The molecular formula is C25H31N5O4. The number of nitrogens with two attached hydrogens (primary N) is 1. The SMILES string of the molecule is NC1(c2ccc(Oc3ccccc3)cc2)C=C(NCC2CCN(C(=O)C(O)CO)CC2)N=CN1. The van der Waals surface area contributed by atoms with Gasteiger partial charge in [-0.1, -0.05) is 30.3 Å². The van der Waals surface area contributed by atoms with Gasteiger partial charge in [-0.05, 0) is 48.6 Å². The standard InChI is InChI=1S/C25H31N5O4/c26-25(19-6-8-21(9-7-19)34-20-4-2-1-3-5-20)14-23(28-17-29-25)27-15-18-10-12-30(13-11-18)24(33)22(32)16-31/h1-9,14,17-18,22,27,31-32H,10-13,15-16,26H2,(H,28,29). The summed E-state index contributed by atoms with van der Waals surface area (Å²) >= 11 is 0. The number of nitrogens with zero attached hydrogens (tertiary/aromatic N) is 2. The van der Waals surface area contributed by atoms with Crippen molar-refractivity contribution in [2.75, 3.05) is 26.2 Å². The zero-order valence-electron chi connectivity index (χ0n) is 18.9. The van der Waals surface area contributed by atoms with E-state index in [2.05, 4.69) is 15.6 Å². The number of ether oxygens (including phenoxy) is 1. The molecule has 2 unspecified atom stereocenters. The van der Waals surface area contributed by atoms with Gasteiger partial charge in [0.1, 0.15) is 23.0 Å². The summed E-state index contributed by atoms with van der Waals surface area (Å²) in [5.41, 5.74) is 6.58. The molecule has 9 nitrogen and oxygen atoms in total. The lowest BCUT2D eigenvalue weighted by atomic mass is 9.96. The van der Waals surface area contributed by atoms with E-state index in [1.54, 1.807) is 11.2 Å². The zero-order valence-corrected chi connectivity index (χ0v) is 18.9. The molecule has 2 aromatic rings. The van der Waals surface area contributed by atoms with Gasteiger partial charge in [-0.15, -0.1) is 0 Å². The van der Waals surface area contributed by atoms with Crippen molar-refractivity contribution in [2.24, 2.45) is 16.6 Å². The Labute approximate surface area is 198 Å². The fraction of sp³-hybridized carbons (Fsp3) is 0.360. The molecule has 2 atom stereocenters. The number of amides is 1. The number of likely N-dealkylation sites (tertiary alicyclic amines) is 1. The van der Waals surface area contributed by atoms with Crippen molar-refractivity contribution in [3.63, 3.8) is 0 Å². The average molecular weight is 466 g/mol. The quantitative estimate of drug-likeness (QED) is 0.396. The van der Waals surface area contributed by atoms with Gasteiger partial charge < -0.3 is 36.2 Å². The van der Waals surface area contributed by atoms with Crippen LogP contribution in [0.5, 0.6) is 11.5 Å². The number of nitrogens with one attached hydrogen (secondary N) is 2. The zero-order chi connectivity index (χ0) is 24.0. The number of hydrogen-bond donors (Lipinski definition) is 5. The van der Waals surface area contributed by atoms with Crippen LogP contribution >= 0.6 is 0 Å². The van der Waals surface area contributed by atoms with Crippen LogP contribution in [0.4, 0.5) is 0 Å². The minimum Gasteiger partial charge on any atom is -0.457 e. The highest BCUT2D eigenvalue weighted by Gasteiger charge is 2.29. The van der Waals surface area contributed by atoms with Crippen LogP contribution in [0.25, 0.3) is 0 Å². The molecule has 0 aromatic heterocycles. The third kappa shape index (κ3) is 5.74. The maximum absolute atomic E-state index is 12.0. The van der Waals surface area contributed by atoms with E-state index in [4.69, 9.17) is 15.6 Å². The van der Waals surface area contributed by atoms with E-state index in [9.17, 15) is 9.90 Å². The Morgan fingerprint density at radius 1 is 1.18 bits per heavy atom. The number of para-hydroxylation sites is 1. The van der Waals surface area contributed by atoms with Gasteiger partial charge in [0.2, 0.25) is 0 Å². The molecule has 6 N–H and O–H groups in total. The summed E-state index contributed by atoms with van der Waals surface area (Å²) in [6.45, 7) is 1.27. The minimum atomic E-state index is -1.33. The monoisotopic (exact) mass is 465 g/mol. The average Bonchev–Trinajstić information content (AvgIpc) is 2.88. The van der Waals surface area contributed by atoms with Crippen LogP contribution in [-0.2, 0) is 10.5 Å². The number of hydrogen-bond acceptors (Lipinski definition) is 8. The second-order valence-electron chi connectivity index (χ2n) is 8.59. The number of piperidine rings is 1. The maximum Gasteiger partial charge on any atom is 0.253 e. The van der Waals surface area contributed by atoms with Gasteiger partial charge in [0.15, 0.2) is 6.10 Å². The van der Waals surface area contributed by atoms with Crippen molar-refractivity contribution < 1.29 is 19.7 Å². The number of aliphatic hydroxyl groups is 2. The first-order valence-corrected chi connectivity index (χ1v) is 11.4. The first kappa shape index (κ1) is 23.7. The molecule has 0 saturated carbocycles. The molecule has 2 heterocycles. The summed E-state index contributed by atoms with van der Waals surface area (Å²) in [6.07, 6.45) is 3.73. The van der Waals surface area contributed by atoms with E-state index in [1.807, 2.05) is 60.7 Å². The first-order valence-electron chi connectivity index (χ1n) is 11.4. The van der Waals surface area contributed by atoms with Gasteiger partial charge in [0.25, 0.3) is 5.91 Å². The van der Waals surface area contributed by atoms with Crippen molar-refractivity contribution in [3.05, 3.63) is 72.1 Å². The fourth-order valence-corrected chi connectivity index (χ4v) is 4.09. The number of aliphatic imine (C=N–C) groups is 1. The van der Waals surface area contributed by atoms with E-state index < -0.39 is 24.3 Å². The molecule has 1 saturated heterocycles. The fourth-order valence-electron chi connectivity index (χ4n) is 4.09. The van der Waals surface area contributed by atoms with Crippen LogP contribution in [-0.4, -0.2) is 59.7 Å². The summed E-state index contributed by atoms with van der Waals surface area (Å²) in [5.74, 6) is 2.13. The molecule has 9 heteroatoms. The minimum absolute atomic E-state index is 0.364. The lowest BCUT2D eigenvalue weighted by Gasteiger charge is -2.34. The topological polar surface area (TPSA) is 132 Å². The lowest BCUT2D eigenvalue weighted by Crippen LogP contribution is -2.51. The van der Waals surface area contributed by atoms with Crippen molar-refractivity contribution in [1.29, 1.82) is 0 Å². The Bertz CT molecular complexity index is 1020. The molecule has 180 valence electrons.